The maximum atomic E-state index is 14.0. The normalized spacial score (nSPS) is 17.6. The Morgan fingerprint density at radius 3 is 2.64 bits per heavy atom. The van der Waals surface area contributed by atoms with Crippen molar-refractivity contribution in [3.05, 3.63) is 70.8 Å². The molecule has 6 heteroatoms. The SMILES string of the molecule is N#Cc1ccc(C(=O)N2CCSC(c3cc(F)ccc3F)CC2)cc1. The number of carbonyl (C=O) groups is 1. The summed E-state index contributed by atoms with van der Waals surface area (Å²) in [6.07, 6.45) is 0.563. The minimum atomic E-state index is -0.452. The lowest BCUT2D eigenvalue weighted by molar-refractivity contribution is 0.0766. The van der Waals surface area contributed by atoms with E-state index in [2.05, 4.69) is 0 Å². The van der Waals surface area contributed by atoms with Crippen LogP contribution in [-0.2, 0) is 0 Å². The number of thioether (sulfide) groups is 1. The molecule has 3 nitrogen and oxygen atoms in total. The Balaban J connectivity index is 1.71. The first-order valence-corrected chi connectivity index (χ1v) is 8.99. The Kier molecular flexibility index (Phi) is 5.34. The second-order valence-electron chi connectivity index (χ2n) is 5.80. The molecule has 25 heavy (non-hydrogen) atoms. The fourth-order valence-electron chi connectivity index (χ4n) is 2.85. The Labute approximate surface area is 149 Å². The largest absolute Gasteiger partial charge is 0.338 e. The molecule has 1 amide bonds. The van der Waals surface area contributed by atoms with Crippen molar-refractivity contribution >= 4 is 17.7 Å². The lowest BCUT2D eigenvalue weighted by Gasteiger charge is -2.20. The molecule has 3 rings (SSSR count). The van der Waals surface area contributed by atoms with Gasteiger partial charge in [-0.3, -0.25) is 4.79 Å². The molecule has 0 N–H and O–H groups in total. The molecule has 1 unspecified atom stereocenters. The molecule has 0 aliphatic carbocycles. The van der Waals surface area contributed by atoms with Crippen molar-refractivity contribution in [1.82, 2.24) is 4.90 Å². The highest BCUT2D eigenvalue weighted by Gasteiger charge is 2.24. The van der Waals surface area contributed by atoms with Gasteiger partial charge in [-0.25, -0.2) is 8.78 Å². The molecular weight excluding hydrogens is 342 g/mol. The van der Waals surface area contributed by atoms with Crippen LogP contribution in [0.2, 0.25) is 0 Å². The summed E-state index contributed by atoms with van der Waals surface area (Å²) in [5.74, 6) is -0.314. The van der Waals surface area contributed by atoms with Gasteiger partial charge >= 0.3 is 0 Å². The molecule has 0 aromatic heterocycles. The molecule has 0 spiro atoms. The van der Waals surface area contributed by atoms with E-state index in [0.717, 1.165) is 12.1 Å². The van der Waals surface area contributed by atoms with E-state index in [4.69, 9.17) is 5.26 Å². The van der Waals surface area contributed by atoms with Crippen LogP contribution in [0.25, 0.3) is 0 Å². The zero-order chi connectivity index (χ0) is 17.8. The molecule has 1 fully saturated rings. The third-order valence-electron chi connectivity index (χ3n) is 4.19. The maximum Gasteiger partial charge on any atom is 0.253 e. The Hall–Kier alpha value is -2.39. The molecule has 0 saturated carbocycles. The number of benzene rings is 2. The zero-order valence-corrected chi connectivity index (χ0v) is 14.2. The first kappa shape index (κ1) is 17.4. The molecular formula is C19H16F2N2OS. The van der Waals surface area contributed by atoms with Gasteiger partial charge < -0.3 is 4.90 Å². The fourth-order valence-corrected chi connectivity index (χ4v) is 4.10. The molecule has 2 aromatic rings. The van der Waals surface area contributed by atoms with Crippen LogP contribution < -0.4 is 0 Å². The molecule has 1 aliphatic heterocycles. The minimum Gasteiger partial charge on any atom is -0.338 e. The van der Waals surface area contributed by atoms with E-state index in [1.54, 1.807) is 29.2 Å². The van der Waals surface area contributed by atoms with E-state index in [-0.39, 0.29) is 11.2 Å². The summed E-state index contributed by atoms with van der Waals surface area (Å²) >= 11 is 1.54. The van der Waals surface area contributed by atoms with Crippen molar-refractivity contribution in [2.24, 2.45) is 0 Å². The van der Waals surface area contributed by atoms with Gasteiger partial charge in [0.2, 0.25) is 0 Å². The van der Waals surface area contributed by atoms with Crippen LogP contribution in [0.1, 0.15) is 33.2 Å². The number of nitrogens with zero attached hydrogens (tertiary/aromatic N) is 2. The number of nitriles is 1. The zero-order valence-electron chi connectivity index (χ0n) is 13.4. The topological polar surface area (TPSA) is 44.1 Å². The highest BCUT2D eigenvalue weighted by atomic mass is 32.2. The van der Waals surface area contributed by atoms with Gasteiger partial charge in [0.15, 0.2) is 0 Å². The molecule has 0 bridgehead atoms. The summed E-state index contributed by atoms with van der Waals surface area (Å²) in [7, 11) is 0. The second-order valence-corrected chi connectivity index (χ2v) is 7.11. The smallest absolute Gasteiger partial charge is 0.253 e. The summed E-state index contributed by atoms with van der Waals surface area (Å²) in [4.78, 5) is 14.3. The van der Waals surface area contributed by atoms with E-state index < -0.39 is 11.6 Å². The van der Waals surface area contributed by atoms with E-state index in [1.807, 2.05) is 6.07 Å². The molecule has 2 aromatic carbocycles. The van der Waals surface area contributed by atoms with Crippen LogP contribution in [0.4, 0.5) is 8.78 Å². The van der Waals surface area contributed by atoms with E-state index in [1.165, 1.54) is 17.8 Å². The first-order valence-electron chi connectivity index (χ1n) is 7.94. The summed E-state index contributed by atoms with van der Waals surface area (Å²) < 4.78 is 27.4. The fraction of sp³-hybridized carbons (Fsp3) is 0.263. The number of hydrogen-bond acceptors (Lipinski definition) is 3. The third kappa shape index (κ3) is 3.99. The van der Waals surface area contributed by atoms with Gasteiger partial charge in [-0.05, 0) is 48.9 Å². The molecule has 1 saturated heterocycles. The Morgan fingerprint density at radius 2 is 1.92 bits per heavy atom. The van der Waals surface area contributed by atoms with Crippen molar-refractivity contribution in [2.45, 2.75) is 11.7 Å². The molecule has 128 valence electrons. The average Bonchev–Trinajstić information content (AvgIpc) is 2.89. The van der Waals surface area contributed by atoms with Crippen molar-refractivity contribution in [3.63, 3.8) is 0 Å². The highest BCUT2D eigenvalue weighted by molar-refractivity contribution is 7.99. The lowest BCUT2D eigenvalue weighted by atomic mass is 10.1. The second kappa shape index (κ2) is 7.66. The standard InChI is InChI=1S/C19H16F2N2OS/c20-15-5-6-17(21)16(11-15)18-7-8-23(9-10-25-18)19(24)14-3-1-13(12-22)2-4-14/h1-6,11,18H,7-10H2. The summed E-state index contributed by atoms with van der Waals surface area (Å²) in [5, 5.41) is 8.66. The number of amides is 1. The van der Waals surface area contributed by atoms with Crippen molar-refractivity contribution in [2.75, 3.05) is 18.8 Å². The van der Waals surface area contributed by atoms with E-state index in [0.29, 0.717) is 42.0 Å². The monoisotopic (exact) mass is 358 g/mol. The predicted molar refractivity (Wildman–Crippen MR) is 93.2 cm³/mol. The quantitative estimate of drug-likeness (QED) is 0.810. The van der Waals surface area contributed by atoms with Gasteiger partial charge in [-0.15, -0.1) is 0 Å². The summed E-state index contributed by atoms with van der Waals surface area (Å²) in [5.41, 5.74) is 1.39. The number of rotatable bonds is 2. The average molecular weight is 358 g/mol. The van der Waals surface area contributed by atoms with Gasteiger partial charge in [0.25, 0.3) is 5.91 Å². The maximum absolute atomic E-state index is 14.0. The molecule has 0 radical (unpaired) electrons. The predicted octanol–water partition coefficient (Wildman–Crippen LogP) is 4.16. The van der Waals surface area contributed by atoms with Gasteiger partial charge in [0.1, 0.15) is 11.6 Å². The summed E-state index contributed by atoms with van der Waals surface area (Å²) in [6, 6.07) is 12.0. The molecule has 1 heterocycles. The summed E-state index contributed by atoms with van der Waals surface area (Å²) in [6.45, 7) is 1.03. The highest BCUT2D eigenvalue weighted by Crippen LogP contribution is 2.36. The van der Waals surface area contributed by atoms with Crippen LogP contribution >= 0.6 is 11.8 Å². The van der Waals surface area contributed by atoms with E-state index in [9.17, 15) is 13.6 Å². The van der Waals surface area contributed by atoms with Gasteiger partial charge in [-0.1, -0.05) is 0 Å². The van der Waals surface area contributed by atoms with Crippen molar-refractivity contribution in [3.8, 4) is 6.07 Å². The van der Waals surface area contributed by atoms with Gasteiger partial charge in [0, 0.05) is 35.2 Å². The lowest BCUT2D eigenvalue weighted by Crippen LogP contribution is -2.32. The van der Waals surface area contributed by atoms with Crippen LogP contribution in [-0.4, -0.2) is 29.6 Å². The van der Waals surface area contributed by atoms with Crippen LogP contribution in [0, 0.1) is 23.0 Å². The Morgan fingerprint density at radius 1 is 1.16 bits per heavy atom. The number of carbonyl (C=O) groups excluding carboxylic acids is 1. The first-order chi connectivity index (χ1) is 12.1. The number of hydrogen-bond donors (Lipinski definition) is 0. The Bertz CT molecular complexity index is 817. The third-order valence-corrected chi connectivity index (χ3v) is 5.50. The van der Waals surface area contributed by atoms with Crippen molar-refractivity contribution < 1.29 is 13.6 Å². The van der Waals surface area contributed by atoms with Gasteiger partial charge in [-0.2, -0.15) is 17.0 Å². The van der Waals surface area contributed by atoms with Crippen LogP contribution in [0.3, 0.4) is 0 Å². The minimum absolute atomic E-state index is 0.106. The van der Waals surface area contributed by atoms with Crippen molar-refractivity contribution in [1.29, 1.82) is 5.26 Å². The van der Waals surface area contributed by atoms with Crippen LogP contribution in [0.5, 0.6) is 0 Å². The van der Waals surface area contributed by atoms with Crippen LogP contribution in [0.15, 0.2) is 42.5 Å². The van der Waals surface area contributed by atoms with Gasteiger partial charge in [0.05, 0.1) is 11.6 Å². The molecule has 1 atom stereocenters. The molecule has 1 aliphatic rings. The van der Waals surface area contributed by atoms with E-state index >= 15 is 0 Å². The number of halogens is 2.